The van der Waals surface area contributed by atoms with E-state index < -0.39 is 11.7 Å². The molecule has 0 N–H and O–H groups in total. The molecule has 1 fully saturated rings. The van der Waals surface area contributed by atoms with Gasteiger partial charge in [-0.1, -0.05) is 12.1 Å². The number of benzene rings is 2. The second-order valence-corrected chi connectivity index (χ2v) is 8.60. The lowest BCUT2D eigenvalue weighted by Crippen LogP contribution is -2.47. The molecule has 198 valence electrons. The molecule has 2 aromatic carbocycles. The van der Waals surface area contributed by atoms with Crippen molar-refractivity contribution in [1.29, 1.82) is 0 Å². The maximum Gasteiger partial charge on any atom is 0.416 e. The number of nitrogens with zero attached hydrogens (tertiary/aromatic N) is 6. The van der Waals surface area contributed by atoms with Gasteiger partial charge >= 0.3 is 6.18 Å². The fraction of sp³-hybridized carbons (Fsp3) is 0.308. The topological polar surface area (TPSA) is 85.7 Å². The Morgan fingerprint density at radius 3 is 2.08 bits per heavy atom. The average Bonchev–Trinajstić information content (AvgIpc) is 2.95. The molecule has 0 radical (unpaired) electrons. The van der Waals surface area contributed by atoms with Crippen LogP contribution in [0, 0.1) is 0 Å². The van der Waals surface area contributed by atoms with E-state index in [0.29, 0.717) is 54.9 Å². The van der Waals surface area contributed by atoms with Gasteiger partial charge in [-0.25, -0.2) is 19.9 Å². The molecule has 4 aromatic rings. The second-order valence-electron chi connectivity index (χ2n) is 8.60. The van der Waals surface area contributed by atoms with E-state index in [9.17, 15) is 13.2 Å². The minimum Gasteiger partial charge on any atom is -0.493 e. The van der Waals surface area contributed by atoms with Crippen molar-refractivity contribution in [2.45, 2.75) is 12.8 Å². The van der Waals surface area contributed by atoms with Crippen molar-refractivity contribution in [3.63, 3.8) is 0 Å². The van der Waals surface area contributed by atoms with Crippen LogP contribution in [0.4, 0.5) is 24.9 Å². The average molecular weight is 527 g/mol. The Morgan fingerprint density at radius 1 is 0.816 bits per heavy atom. The number of alkyl halides is 3. The number of rotatable bonds is 7. The molecule has 1 aliphatic rings. The monoisotopic (exact) mass is 526 g/mol. The van der Waals surface area contributed by atoms with Crippen LogP contribution in [-0.2, 0) is 12.8 Å². The molecule has 5 rings (SSSR count). The molecule has 0 atom stereocenters. The second kappa shape index (κ2) is 10.6. The Hall–Kier alpha value is -4.35. The summed E-state index contributed by atoms with van der Waals surface area (Å²) in [6, 6.07) is 8.59. The molecule has 3 heterocycles. The normalized spacial score (nSPS) is 14.0. The summed E-state index contributed by atoms with van der Waals surface area (Å²) in [7, 11) is 3.18. The van der Waals surface area contributed by atoms with Crippen LogP contribution in [-0.4, -0.2) is 60.3 Å². The molecular formula is C26H25F3N6O3. The van der Waals surface area contributed by atoms with Gasteiger partial charge < -0.3 is 24.0 Å². The Morgan fingerprint density at radius 2 is 1.45 bits per heavy atom. The van der Waals surface area contributed by atoms with Gasteiger partial charge in [-0.3, -0.25) is 0 Å². The quantitative estimate of drug-likeness (QED) is 0.349. The first-order valence-corrected chi connectivity index (χ1v) is 11.8. The first-order chi connectivity index (χ1) is 18.4. The van der Waals surface area contributed by atoms with E-state index in [1.54, 1.807) is 32.9 Å². The molecule has 0 unspecified atom stereocenters. The number of halogens is 3. The Balaban J connectivity index is 1.20. The summed E-state index contributed by atoms with van der Waals surface area (Å²) in [4.78, 5) is 22.0. The summed E-state index contributed by atoms with van der Waals surface area (Å²) in [5.41, 5.74) is 0.693. The summed E-state index contributed by atoms with van der Waals surface area (Å²) in [6.07, 6.45) is 0.314. The standard InChI is InChI=1S/C26H25F3N6O3/c1-36-22-11-20-21(12-23(22)37-2)32-16-33-24(20)34-7-9-35(10-8-34)25-30-13-19(14-31-25)38-15-17-3-5-18(6-4-17)26(27,28)29/h3-6,11-14,16H,7-10,15H2,1-2H3. The number of hydrogen-bond donors (Lipinski definition) is 0. The van der Waals surface area contributed by atoms with Gasteiger partial charge in [0.15, 0.2) is 17.2 Å². The third kappa shape index (κ3) is 5.34. The van der Waals surface area contributed by atoms with E-state index in [0.717, 1.165) is 28.9 Å². The lowest BCUT2D eigenvalue weighted by Gasteiger charge is -2.35. The smallest absolute Gasteiger partial charge is 0.416 e. The lowest BCUT2D eigenvalue weighted by molar-refractivity contribution is -0.137. The number of piperazine rings is 1. The number of fused-ring (bicyclic) bond motifs is 1. The van der Waals surface area contributed by atoms with Crippen molar-refractivity contribution in [2.75, 3.05) is 50.2 Å². The predicted molar refractivity (Wildman–Crippen MR) is 135 cm³/mol. The molecule has 0 amide bonds. The van der Waals surface area contributed by atoms with Gasteiger partial charge in [0.1, 0.15) is 18.8 Å². The van der Waals surface area contributed by atoms with E-state index in [-0.39, 0.29) is 6.61 Å². The third-order valence-corrected chi connectivity index (χ3v) is 6.28. The van der Waals surface area contributed by atoms with Gasteiger partial charge in [0.05, 0.1) is 37.7 Å². The zero-order valence-corrected chi connectivity index (χ0v) is 20.8. The first-order valence-electron chi connectivity index (χ1n) is 11.8. The number of methoxy groups -OCH3 is 2. The predicted octanol–water partition coefficient (Wildman–Crippen LogP) is 4.36. The molecule has 0 saturated carbocycles. The van der Waals surface area contributed by atoms with E-state index in [2.05, 4.69) is 29.7 Å². The molecule has 2 aromatic heterocycles. The van der Waals surface area contributed by atoms with Crippen LogP contribution < -0.4 is 24.0 Å². The summed E-state index contributed by atoms with van der Waals surface area (Å²) in [5, 5.41) is 0.879. The summed E-state index contributed by atoms with van der Waals surface area (Å²) in [5.74, 6) is 3.06. The van der Waals surface area contributed by atoms with Gasteiger partial charge in [-0.05, 0) is 23.8 Å². The molecule has 0 bridgehead atoms. The number of anilines is 2. The van der Waals surface area contributed by atoms with Crippen molar-refractivity contribution in [3.05, 3.63) is 66.2 Å². The van der Waals surface area contributed by atoms with Crippen molar-refractivity contribution >= 4 is 22.7 Å². The fourth-order valence-electron chi connectivity index (χ4n) is 4.24. The highest BCUT2D eigenvalue weighted by molar-refractivity contribution is 5.92. The van der Waals surface area contributed by atoms with Crippen LogP contribution in [0.5, 0.6) is 17.2 Å². The van der Waals surface area contributed by atoms with Crippen molar-refractivity contribution < 1.29 is 27.4 Å². The fourth-order valence-corrected chi connectivity index (χ4v) is 4.24. The first kappa shape index (κ1) is 25.3. The highest BCUT2D eigenvalue weighted by atomic mass is 19.4. The minimum absolute atomic E-state index is 0.114. The molecule has 12 heteroatoms. The van der Waals surface area contributed by atoms with Crippen molar-refractivity contribution in [1.82, 2.24) is 19.9 Å². The number of ether oxygens (including phenoxy) is 3. The van der Waals surface area contributed by atoms with E-state index in [4.69, 9.17) is 14.2 Å². The van der Waals surface area contributed by atoms with Crippen LogP contribution >= 0.6 is 0 Å². The van der Waals surface area contributed by atoms with E-state index in [1.165, 1.54) is 12.1 Å². The number of aromatic nitrogens is 4. The van der Waals surface area contributed by atoms with Crippen LogP contribution in [0.3, 0.4) is 0 Å². The third-order valence-electron chi connectivity index (χ3n) is 6.28. The SMILES string of the molecule is COc1cc2ncnc(N3CCN(c4ncc(OCc5ccc(C(F)(F)F)cc5)cn4)CC3)c2cc1OC. The molecular weight excluding hydrogens is 501 g/mol. The summed E-state index contributed by atoms with van der Waals surface area (Å²) >= 11 is 0. The van der Waals surface area contributed by atoms with Crippen LogP contribution in [0.2, 0.25) is 0 Å². The van der Waals surface area contributed by atoms with Gasteiger partial charge in [0.25, 0.3) is 0 Å². The Bertz CT molecular complexity index is 1390. The van der Waals surface area contributed by atoms with Crippen LogP contribution in [0.15, 0.2) is 55.1 Å². The lowest BCUT2D eigenvalue weighted by atomic mass is 10.1. The summed E-state index contributed by atoms with van der Waals surface area (Å²) in [6.45, 7) is 2.89. The van der Waals surface area contributed by atoms with E-state index >= 15 is 0 Å². The Labute approximate surface area is 216 Å². The molecule has 38 heavy (non-hydrogen) atoms. The minimum atomic E-state index is -4.36. The summed E-state index contributed by atoms with van der Waals surface area (Å²) < 4.78 is 54.6. The molecule has 9 nitrogen and oxygen atoms in total. The van der Waals surface area contributed by atoms with Crippen molar-refractivity contribution in [2.24, 2.45) is 0 Å². The molecule has 0 aliphatic carbocycles. The maximum atomic E-state index is 12.7. The van der Waals surface area contributed by atoms with Crippen LogP contribution in [0.25, 0.3) is 10.9 Å². The highest BCUT2D eigenvalue weighted by Gasteiger charge is 2.30. The van der Waals surface area contributed by atoms with Crippen LogP contribution in [0.1, 0.15) is 11.1 Å². The van der Waals surface area contributed by atoms with Gasteiger partial charge in [0.2, 0.25) is 5.95 Å². The maximum absolute atomic E-state index is 12.7. The van der Waals surface area contributed by atoms with Gasteiger partial charge in [0, 0.05) is 37.6 Å². The molecule has 1 aliphatic heterocycles. The molecule has 0 spiro atoms. The Kier molecular flexibility index (Phi) is 7.03. The van der Waals surface area contributed by atoms with Crippen molar-refractivity contribution in [3.8, 4) is 17.2 Å². The van der Waals surface area contributed by atoms with Gasteiger partial charge in [-0.15, -0.1) is 0 Å². The largest absolute Gasteiger partial charge is 0.493 e. The van der Waals surface area contributed by atoms with E-state index in [1.807, 2.05) is 12.1 Å². The zero-order valence-electron chi connectivity index (χ0n) is 20.8. The highest BCUT2D eigenvalue weighted by Crippen LogP contribution is 2.35. The molecule has 1 saturated heterocycles. The zero-order chi connectivity index (χ0) is 26.7. The number of hydrogen-bond acceptors (Lipinski definition) is 9. The van der Waals surface area contributed by atoms with Gasteiger partial charge in [-0.2, -0.15) is 13.2 Å².